The number of ether oxygens (including phenoxy) is 1. The summed E-state index contributed by atoms with van der Waals surface area (Å²) in [7, 11) is 0. The Hall–Kier alpha value is -2.74. The summed E-state index contributed by atoms with van der Waals surface area (Å²) in [6, 6.07) is 16.8. The molecule has 1 atom stereocenters. The predicted octanol–water partition coefficient (Wildman–Crippen LogP) is 3.90. The van der Waals surface area contributed by atoms with Crippen molar-refractivity contribution in [1.29, 1.82) is 0 Å². The van der Waals surface area contributed by atoms with Gasteiger partial charge in [0.2, 0.25) is 5.91 Å². The maximum atomic E-state index is 11.6. The summed E-state index contributed by atoms with van der Waals surface area (Å²) in [5.74, 6) is 0.764. The number of nitrogens with zero attached hydrogens (tertiary/aromatic N) is 3. The molecule has 6 nitrogen and oxygen atoms in total. The number of rotatable bonds is 6. The average molecular weight is 463 g/mol. The lowest BCUT2D eigenvalue weighted by Crippen LogP contribution is -2.40. The number of carbonyl (C=O) groups is 1. The van der Waals surface area contributed by atoms with Crippen molar-refractivity contribution in [2.24, 2.45) is 11.7 Å². The molecule has 1 fully saturated rings. The fourth-order valence-electron chi connectivity index (χ4n) is 4.74. The van der Waals surface area contributed by atoms with Crippen LogP contribution in [-0.2, 0) is 24.4 Å². The number of hydrogen-bond donors (Lipinski definition) is 1. The zero-order valence-electron chi connectivity index (χ0n) is 18.8. The first kappa shape index (κ1) is 22.1. The summed E-state index contributed by atoms with van der Waals surface area (Å²) in [5, 5.41) is 3.27. The summed E-state index contributed by atoms with van der Waals surface area (Å²) in [5.41, 5.74) is 10.2. The quantitative estimate of drug-likeness (QED) is 0.602. The van der Waals surface area contributed by atoms with Gasteiger partial charge in [0.25, 0.3) is 0 Å². The van der Waals surface area contributed by atoms with E-state index in [1.807, 2.05) is 18.2 Å². The highest BCUT2D eigenvalue weighted by Crippen LogP contribution is 2.28. The number of primary amides is 1. The van der Waals surface area contributed by atoms with Gasteiger partial charge in [-0.25, -0.2) is 4.98 Å². The summed E-state index contributed by atoms with van der Waals surface area (Å²) in [6.45, 7) is 5.81. The molecule has 7 heteroatoms. The van der Waals surface area contributed by atoms with Gasteiger partial charge in [0.15, 0.2) is 0 Å². The molecule has 1 saturated heterocycles. The van der Waals surface area contributed by atoms with Crippen LogP contribution >= 0.6 is 11.3 Å². The molecule has 172 valence electrons. The maximum Gasteiger partial charge on any atom is 0.221 e. The molecular weight excluding hydrogens is 432 g/mol. The van der Waals surface area contributed by atoms with Crippen LogP contribution in [0.15, 0.2) is 53.9 Å². The molecule has 0 radical (unpaired) electrons. The van der Waals surface area contributed by atoms with Gasteiger partial charge in [-0.2, -0.15) is 0 Å². The van der Waals surface area contributed by atoms with Crippen LogP contribution in [-0.4, -0.2) is 46.9 Å². The lowest BCUT2D eigenvalue weighted by molar-refractivity contribution is -0.123. The van der Waals surface area contributed by atoms with Crippen molar-refractivity contribution in [3.63, 3.8) is 0 Å². The van der Waals surface area contributed by atoms with Crippen molar-refractivity contribution < 1.29 is 9.53 Å². The number of piperidine rings is 1. The van der Waals surface area contributed by atoms with Crippen molar-refractivity contribution in [1.82, 2.24) is 14.8 Å². The number of hydrogen-bond acceptors (Lipinski definition) is 6. The number of likely N-dealkylation sites (tertiary alicyclic amines) is 1. The van der Waals surface area contributed by atoms with Crippen molar-refractivity contribution in [2.75, 3.05) is 26.2 Å². The second kappa shape index (κ2) is 10.0. The van der Waals surface area contributed by atoms with Crippen LogP contribution in [0.2, 0.25) is 0 Å². The molecule has 0 saturated carbocycles. The van der Waals surface area contributed by atoms with E-state index in [1.54, 1.807) is 11.3 Å². The number of benzene rings is 2. The summed E-state index contributed by atoms with van der Waals surface area (Å²) >= 11 is 1.72. The third-order valence-electron chi connectivity index (χ3n) is 6.48. The highest BCUT2D eigenvalue weighted by Gasteiger charge is 2.24. The number of nitrogens with two attached hydrogens (primary N) is 1. The van der Waals surface area contributed by atoms with Crippen LogP contribution in [0.25, 0.3) is 11.3 Å². The molecule has 0 bridgehead atoms. The van der Waals surface area contributed by atoms with Gasteiger partial charge in [0, 0.05) is 42.7 Å². The van der Waals surface area contributed by atoms with Crippen LogP contribution in [0.4, 0.5) is 0 Å². The van der Waals surface area contributed by atoms with E-state index in [0.29, 0.717) is 6.61 Å². The van der Waals surface area contributed by atoms with Gasteiger partial charge < -0.3 is 10.5 Å². The molecule has 0 aliphatic carbocycles. The van der Waals surface area contributed by atoms with Crippen molar-refractivity contribution in [3.05, 3.63) is 70.0 Å². The molecule has 2 aromatic carbocycles. The van der Waals surface area contributed by atoms with E-state index in [0.717, 1.165) is 74.1 Å². The maximum absolute atomic E-state index is 11.6. The minimum atomic E-state index is -0.178. The van der Waals surface area contributed by atoms with Gasteiger partial charge >= 0.3 is 0 Å². The van der Waals surface area contributed by atoms with Gasteiger partial charge in [-0.1, -0.05) is 36.4 Å². The molecule has 0 spiro atoms. The number of amides is 1. The smallest absolute Gasteiger partial charge is 0.221 e. The summed E-state index contributed by atoms with van der Waals surface area (Å²) < 4.78 is 6.05. The van der Waals surface area contributed by atoms with E-state index in [4.69, 9.17) is 15.5 Å². The zero-order valence-corrected chi connectivity index (χ0v) is 19.6. The molecule has 2 aliphatic rings. The van der Waals surface area contributed by atoms with Crippen molar-refractivity contribution in [2.45, 2.75) is 32.5 Å². The van der Waals surface area contributed by atoms with Crippen molar-refractivity contribution in [3.8, 4) is 17.0 Å². The number of fused-ring (bicyclic) bond motifs is 1. The number of aromatic nitrogens is 1. The monoisotopic (exact) mass is 462 g/mol. The standard InChI is InChI=1S/C26H30N4O2S/c27-26(31)21-7-4-10-29(15-21)14-19-8-9-24-22(13-19)16-30(11-12-32-24)17-25-28-23(18-33-25)20-5-2-1-3-6-20/h1-3,5-6,8-9,13,18,21H,4,7,10-12,14-17H2,(H2,27,31)/t21-/m0/s1. The highest BCUT2D eigenvalue weighted by atomic mass is 32.1. The number of thiazole rings is 1. The molecular formula is C26H30N4O2S. The molecule has 3 heterocycles. The van der Waals surface area contributed by atoms with E-state index >= 15 is 0 Å². The third kappa shape index (κ3) is 5.43. The second-order valence-corrected chi connectivity index (χ2v) is 9.91. The minimum Gasteiger partial charge on any atom is -0.492 e. The van der Waals surface area contributed by atoms with Gasteiger partial charge in [0.05, 0.1) is 18.2 Å². The zero-order chi connectivity index (χ0) is 22.6. The van der Waals surface area contributed by atoms with E-state index < -0.39 is 0 Å². The first-order valence-corrected chi connectivity index (χ1v) is 12.5. The fourth-order valence-corrected chi connectivity index (χ4v) is 5.59. The third-order valence-corrected chi connectivity index (χ3v) is 7.31. The SMILES string of the molecule is NC(=O)[C@H]1CCCN(Cc2ccc3c(c2)CN(Cc2nc(-c4ccccc4)cs2)CCO3)C1. The van der Waals surface area contributed by atoms with Gasteiger partial charge in [0.1, 0.15) is 17.4 Å². The van der Waals surface area contributed by atoms with Crippen LogP contribution in [0.5, 0.6) is 5.75 Å². The topological polar surface area (TPSA) is 71.7 Å². The number of carbonyl (C=O) groups excluding carboxylic acids is 1. The summed E-state index contributed by atoms with van der Waals surface area (Å²) in [4.78, 5) is 21.2. The van der Waals surface area contributed by atoms with Gasteiger partial charge in [-0.3, -0.25) is 14.6 Å². The normalized spacial score (nSPS) is 19.5. The fraction of sp³-hybridized carbons (Fsp3) is 0.385. The Morgan fingerprint density at radius 1 is 1.12 bits per heavy atom. The summed E-state index contributed by atoms with van der Waals surface area (Å²) in [6.07, 6.45) is 1.93. The van der Waals surface area contributed by atoms with Gasteiger partial charge in [-0.15, -0.1) is 11.3 Å². The van der Waals surface area contributed by atoms with Crippen LogP contribution in [0, 0.1) is 5.92 Å². The Kier molecular flexibility index (Phi) is 6.71. The first-order valence-electron chi connectivity index (χ1n) is 11.6. The highest BCUT2D eigenvalue weighted by molar-refractivity contribution is 7.09. The first-order chi connectivity index (χ1) is 16.1. The molecule has 1 amide bonds. The van der Waals surface area contributed by atoms with Crippen molar-refractivity contribution >= 4 is 17.2 Å². The Morgan fingerprint density at radius 3 is 2.85 bits per heavy atom. The van der Waals surface area contributed by atoms with E-state index in [2.05, 4.69) is 45.5 Å². The lowest BCUT2D eigenvalue weighted by Gasteiger charge is -2.31. The lowest BCUT2D eigenvalue weighted by atomic mass is 9.97. The van der Waals surface area contributed by atoms with E-state index in [1.165, 1.54) is 11.1 Å². The Labute approximate surface area is 199 Å². The largest absolute Gasteiger partial charge is 0.492 e. The molecule has 2 aliphatic heterocycles. The molecule has 1 aromatic heterocycles. The van der Waals surface area contributed by atoms with Crippen LogP contribution in [0.1, 0.15) is 29.0 Å². The molecule has 2 N–H and O–H groups in total. The molecule has 3 aromatic rings. The minimum absolute atomic E-state index is 0.0301. The second-order valence-electron chi connectivity index (χ2n) is 8.97. The molecule has 5 rings (SSSR count). The Balaban J connectivity index is 1.25. The van der Waals surface area contributed by atoms with Crippen LogP contribution < -0.4 is 10.5 Å². The van der Waals surface area contributed by atoms with Crippen LogP contribution in [0.3, 0.4) is 0 Å². The predicted molar refractivity (Wildman–Crippen MR) is 131 cm³/mol. The van der Waals surface area contributed by atoms with E-state index in [-0.39, 0.29) is 11.8 Å². The average Bonchev–Trinajstić information content (AvgIpc) is 3.20. The molecule has 0 unspecified atom stereocenters. The Bertz CT molecular complexity index is 1100. The molecule has 33 heavy (non-hydrogen) atoms. The van der Waals surface area contributed by atoms with E-state index in [9.17, 15) is 4.79 Å². The van der Waals surface area contributed by atoms with Gasteiger partial charge in [-0.05, 0) is 37.1 Å². The Morgan fingerprint density at radius 2 is 2.00 bits per heavy atom.